The van der Waals surface area contributed by atoms with Gasteiger partial charge in [0.05, 0.1) is 0 Å². The van der Waals surface area contributed by atoms with Crippen LogP contribution in [0.3, 0.4) is 0 Å². The van der Waals surface area contributed by atoms with Gasteiger partial charge >= 0.3 is 0 Å². The van der Waals surface area contributed by atoms with Crippen LogP contribution in [0.5, 0.6) is 11.5 Å². The van der Waals surface area contributed by atoms with Crippen molar-refractivity contribution in [2.24, 2.45) is 5.92 Å². The van der Waals surface area contributed by atoms with Crippen LogP contribution < -0.4 is 24.6 Å². The van der Waals surface area contributed by atoms with Crippen LogP contribution in [0.25, 0.3) is 0 Å². The van der Waals surface area contributed by atoms with Crippen molar-refractivity contribution in [2.75, 3.05) is 48.1 Å². The number of nitrogens with zero attached hydrogens (tertiary/aromatic N) is 4. The Morgan fingerprint density at radius 2 is 1.62 bits per heavy atom. The first-order chi connectivity index (χ1) is 14.3. The van der Waals surface area contributed by atoms with E-state index >= 15 is 0 Å². The highest BCUT2D eigenvalue weighted by Gasteiger charge is 2.27. The van der Waals surface area contributed by atoms with Crippen LogP contribution in [-0.4, -0.2) is 48.8 Å². The summed E-state index contributed by atoms with van der Waals surface area (Å²) in [6.45, 7) is 4.00. The Morgan fingerprint density at radius 3 is 2.38 bits per heavy atom. The van der Waals surface area contributed by atoms with E-state index in [9.17, 15) is 4.79 Å². The van der Waals surface area contributed by atoms with E-state index in [1.54, 1.807) is 6.33 Å². The maximum atomic E-state index is 12.7. The quantitative estimate of drug-likeness (QED) is 0.852. The highest BCUT2D eigenvalue weighted by Crippen LogP contribution is 2.34. The van der Waals surface area contributed by atoms with Crippen molar-refractivity contribution in [3.63, 3.8) is 0 Å². The molecule has 1 aromatic heterocycles. The third kappa shape index (κ3) is 3.79. The molecule has 1 aromatic carbocycles. The summed E-state index contributed by atoms with van der Waals surface area (Å²) in [5, 5.41) is 3.02. The molecule has 29 heavy (non-hydrogen) atoms. The van der Waals surface area contributed by atoms with Gasteiger partial charge in [0.2, 0.25) is 12.7 Å². The number of nitrogens with one attached hydrogen (secondary N) is 1. The van der Waals surface area contributed by atoms with Crippen molar-refractivity contribution in [3.05, 3.63) is 30.6 Å². The number of ether oxygens (including phenoxy) is 2. The summed E-state index contributed by atoms with van der Waals surface area (Å²) in [6, 6.07) is 7.57. The molecule has 3 aliphatic heterocycles. The fraction of sp³-hybridized carbons (Fsp3) is 0.476. The van der Waals surface area contributed by atoms with Gasteiger partial charge in [0.1, 0.15) is 18.0 Å². The maximum absolute atomic E-state index is 12.7. The first-order valence-electron chi connectivity index (χ1n) is 10.3. The molecule has 1 amide bonds. The van der Waals surface area contributed by atoms with Gasteiger partial charge in [-0.15, -0.1) is 0 Å². The predicted octanol–water partition coefficient (Wildman–Crippen LogP) is 2.66. The lowest BCUT2D eigenvalue weighted by molar-refractivity contribution is -0.120. The molecule has 0 bridgehead atoms. The zero-order chi connectivity index (χ0) is 19.6. The largest absolute Gasteiger partial charge is 0.454 e. The molecule has 8 heteroatoms. The molecule has 0 aliphatic carbocycles. The van der Waals surface area contributed by atoms with Crippen LogP contribution >= 0.6 is 0 Å². The van der Waals surface area contributed by atoms with E-state index in [1.165, 1.54) is 12.8 Å². The summed E-state index contributed by atoms with van der Waals surface area (Å²) in [7, 11) is 0. The molecule has 2 aromatic rings. The van der Waals surface area contributed by atoms with Crippen molar-refractivity contribution >= 4 is 23.2 Å². The lowest BCUT2D eigenvalue weighted by atomic mass is 9.95. The smallest absolute Gasteiger partial charge is 0.231 e. The highest BCUT2D eigenvalue weighted by atomic mass is 16.7. The molecule has 0 saturated carbocycles. The molecule has 0 unspecified atom stereocenters. The number of hydrogen-bond acceptors (Lipinski definition) is 7. The maximum Gasteiger partial charge on any atom is 0.231 e. The van der Waals surface area contributed by atoms with Gasteiger partial charge < -0.3 is 24.6 Å². The number of benzene rings is 1. The van der Waals surface area contributed by atoms with Gasteiger partial charge in [-0.1, -0.05) is 0 Å². The molecule has 0 atom stereocenters. The Labute approximate surface area is 169 Å². The van der Waals surface area contributed by atoms with E-state index in [1.807, 2.05) is 18.2 Å². The van der Waals surface area contributed by atoms with E-state index in [2.05, 4.69) is 31.2 Å². The van der Waals surface area contributed by atoms with Crippen molar-refractivity contribution in [1.82, 2.24) is 9.97 Å². The molecule has 0 spiro atoms. The number of aromatic nitrogens is 2. The topological polar surface area (TPSA) is 79.8 Å². The second-order valence-electron chi connectivity index (χ2n) is 7.75. The minimum atomic E-state index is -0.00318. The summed E-state index contributed by atoms with van der Waals surface area (Å²) in [6.07, 6.45) is 5.71. The summed E-state index contributed by atoms with van der Waals surface area (Å²) in [5.74, 6) is 3.41. The number of hydrogen-bond donors (Lipinski definition) is 1. The molecule has 4 heterocycles. The Bertz CT molecular complexity index is 892. The normalized spacial score (nSPS) is 18.9. The third-order valence-corrected chi connectivity index (χ3v) is 5.90. The summed E-state index contributed by atoms with van der Waals surface area (Å²) in [4.78, 5) is 26.2. The summed E-state index contributed by atoms with van der Waals surface area (Å²) < 4.78 is 10.7. The molecule has 2 saturated heterocycles. The van der Waals surface area contributed by atoms with E-state index in [4.69, 9.17) is 9.47 Å². The van der Waals surface area contributed by atoms with Gasteiger partial charge in [-0.3, -0.25) is 4.79 Å². The molecule has 5 rings (SSSR count). The molecule has 0 radical (unpaired) electrons. The Morgan fingerprint density at radius 1 is 0.931 bits per heavy atom. The number of piperidine rings is 1. The second-order valence-corrected chi connectivity index (χ2v) is 7.75. The minimum Gasteiger partial charge on any atom is -0.454 e. The van der Waals surface area contributed by atoms with E-state index in [0.717, 1.165) is 62.1 Å². The summed E-state index contributed by atoms with van der Waals surface area (Å²) >= 11 is 0. The fourth-order valence-electron chi connectivity index (χ4n) is 4.22. The molecule has 3 aliphatic rings. The van der Waals surface area contributed by atoms with Gasteiger partial charge in [-0.2, -0.15) is 0 Å². The fourth-order valence-corrected chi connectivity index (χ4v) is 4.22. The Balaban J connectivity index is 1.18. The average molecular weight is 395 g/mol. The number of carbonyl (C=O) groups is 1. The molecule has 2 fully saturated rings. The highest BCUT2D eigenvalue weighted by molar-refractivity contribution is 5.93. The summed E-state index contributed by atoms with van der Waals surface area (Å²) in [5.41, 5.74) is 0.743. The lowest BCUT2D eigenvalue weighted by Gasteiger charge is -2.32. The first-order valence-corrected chi connectivity index (χ1v) is 10.3. The number of amides is 1. The van der Waals surface area contributed by atoms with E-state index < -0.39 is 0 Å². The molecule has 8 nitrogen and oxygen atoms in total. The lowest BCUT2D eigenvalue weighted by Crippen LogP contribution is -2.38. The van der Waals surface area contributed by atoms with E-state index in [0.29, 0.717) is 5.75 Å². The average Bonchev–Trinajstić information content (AvgIpc) is 3.46. The van der Waals surface area contributed by atoms with Crippen LogP contribution in [0.1, 0.15) is 25.7 Å². The second kappa shape index (κ2) is 7.77. The van der Waals surface area contributed by atoms with Gasteiger partial charge in [0.25, 0.3) is 0 Å². The predicted molar refractivity (Wildman–Crippen MR) is 110 cm³/mol. The first kappa shape index (κ1) is 18.0. The van der Waals surface area contributed by atoms with Gasteiger partial charge in [0, 0.05) is 49.9 Å². The van der Waals surface area contributed by atoms with E-state index in [-0.39, 0.29) is 18.6 Å². The van der Waals surface area contributed by atoms with Crippen LogP contribution in [0, 0.1) is 5.92 Å². The Kier molecular flexibility index (Phi) is 4.83. The van der Waals surface area contributed by atoms with Crippen LogP contribution in [-0.2, 0) is 4.79 Å². The molecule has 1 N–H and O–H groups in total. The van der Waals surface area contributed by atoms with Crippen LogP contribution in [0.2, 0.25) is 0 Å². The third-order valence-electron chi connectivity index (χ3n) is 5.90. The number of rotatable bonds is 4. The van der Waals surface area contributed by atoms with Crippen molar-refractivity contribution in [1.29, 1.82) is 0 Å². The molecule has 152 valence electrons. The van der Waals surface area contributed by atoms with Crippen molar-refractivity contribution in [3.8, 4) is 11.5 Å². The molecular formula is C21H25N5O3. The van der Waals surface area contributed by atoms with Gasteiger partial charge in [0.15, 0.2) is 11.5 Å². The zero-order valence-corrected chi connectivity index (χ0v) is 16.3. The van der Waals surface area contributed by atoms with Gasteiger partial charge in [-0.05, 0) is 37.8 Å². The van der Waals surface area contributed by atoms with Crippen molar-refractivity contribution in [2.45, 2.75) is 25.7 Å². The number of carbonyl (C=O) groups excluding carboxylic acids is 1. The SMILES string of the molecule is O=C(Nc1ccc2c(c1)OCO2)C1CCN(c2cc(N3CCCC3)ncn2)CC1. The zero-order valence-electron chi connectivity index (χ0n) is 16.3. The Hall–Kier alpha value is -3.03. The standard InChI is InChI=1S/C21H25N5O3/c27-21(24-16-3-4-17-18(11-16)29-14-28-17)15-5-9-26(10-6-15)20-12-19(22-13-23-20)25-7-1-2-8-25/h3-4,11-13,15H,1-2,5-10,14H2,(H,24,27). The number of fused-ring (bicyclic) bond motifs is 1. The van der Waals surface area contributed by atoms with Crippen LogP contribution in [0.4, 0.5) is 17.3 Å². The van der Waals surface area contributed by atoms with Crippen LogP contribution in [0.15, 0.2) is 30.6 Å². The van der Waals surface area contributed by atoms with Crippen molar-refractivity contribution < 1.29 is 14.3 Å². The van der Waals surface area contributed by atoms with Gasteiger partial charge in [-0.25, -0.2) is 9.97 Å². The number of anilines is 3. The minimum absolute atomic E-state index is 0.00318. The molecular weight excluding hydrogens is 370 g/mol. The monoisotopic (exact) mass is 395 g/mol.